The van der Waals surface area contributed by atoms with Crippen LogP contribution >= 0.6 is 11.6 Å². The Morgan fingerprint density at radius 2 is 2.00 bits per heavy atom. The summed E-state index contributed by atoms with van der Waals surface area (Å²) in [6, 6.07) is 6.20. The number of anilines is 2. The first-order valence-corrected chi connectivity index (χ1v) is 6.62. The molecular weight excluding hydrogens is 274 g/mol. The highest BCUT2D eigenvalue weighted by Crippen LogP contribution is 2.26. The molecule has 1 aromatic carbocycles. The van der Waals surface area contributed by atoms with Crippen molar-refractivity contribution in [2.45, 2.75) is 13.8 Å². The van der Waals surface area contributed by atoms with Crippen LogP contribution in [0.4, 0.5) is 11.5 Å². The Morgan fingerprint density at radius 3 is 2.75 bits per heavy atom. The molecule has 2 aromatic heterocycles. The van der Waals surface area contributed by atoms with Gasteiger partial charge < -0.3 is 5.32 Å². The molecule has 0 atom stereocenters. The van der Waals surface area contributed by atoms with E-state index in [0.29, 0.717) is 11.5 Å². The molecule has 102 valence electrons. The molecule has 1 N–H and O–H groups in total. The third kappa shape index (κ3) is 2.20. The summed E-state index contributed by atoms with van der Waals surface area (Å²) >= 11 is 5.98. The first kappa shape index (κ1) is 12.9. The molecule has 0 saturated heterocycles. The zero-order valence-electron chi connectivity index (χ0n) is 11.5. The monoisotopic (exact) mass is 287 g/mol. The highest BCUT2D eigenvalue weighted by Gasteiger charge is 2.11. The van der Waals surface area contributed by atoms with E-state index in [2.05, 4.69) is 46.4 Å². The minimum absolute atomic E-state index is 0.202. The van der Waals surface area contributed by atoms with Crippen molar-refractivity contribution in [2.75, 3.05) is 5.32 Å². The van der Waals surface area contributed by atoms with Crippen molar-refractivity contribution in [3.63, 3.8) is 0 Å². The molecule has 0 bridgehead atoms. The lowest BCUT2D eigenvalue weighted by molar-refractivity contribution is 0.785. The van der Waals surface area contributed by atoms with Crippen LogP contribution in [-0.2, 0) is 7.05 Å². The van der Waals surface area contributed by atoms with Gasteiger partial charge in [-0.1, -0.05) is 17.7 Å². The second-order valence-corrected chi connectivity index (χ2v) is 5.13. The number of nitrogens with zero attached hydrogens (tertiary/aromatic N) is 4. The fraction of sp³-hybridized carbons (Fsp3) is 0.214. The Bertz CT molecular complexity index is 794. The lowest BCUT2D eigenvalue weighted by atomic mass is 10.1. The summed E-state index contributed by atoms with van der Waals surface area (Å²) in [6.07, 6.45) is 1.73. The number of benzene rings is 1. The average Bonchev–Trinajstić information content (AvgIpc) is 2.75. The van der Waals surface area contributed by atoms with E-state index in [1.165, 1.54) is 5.56 Å². The quantitative estimate of drug-likeness (QED) is 0.734. The molecule has 0 amide bonds. The van der Waals surface area contributed by atoms with Crippen LogP contribution in [0, 0.1) is 13.8 Å². The Labute approximate surface area is 121 Å². The van der Waals surface area contributed by atoms with E-state index < -0.39 is 0 Å². The van der Waals surface area contributed by atoms with Gasteiger partial charge in [0.2, 0.25) is 5.28 Å². The molecule has 0 fully saturated rings. The normalized spacial score (nSPS) is 11.0. The van der Waals surface area contributed by atoms with Gasteiger partial charge in [-0.25, -0.2) is 0 Å². The van der Waals surface area contributed by atoms with E-state index in [9.17, 15) is 0 Å². The number of rotatable bonds is 2. The molecular formula is C14H14ClN5. The van der Waals surface area contributed by atoms with E-state index in [1.807, 2.05) is 13.1 Å². The van der Waals surface area contributed by atoms with E-state index >= 15 is 0 Å². The van der Waals surface area contributed by atoms with Gasteiger partial charge in [0.05, 0.1) is 11.6 Å². The minimum atomic E-state index is 0.202. The van der Waals surface area contributed by atoms with Crippen LogP contribution in [-0.4, -0.2) is 19.7 Å². The van der Waals surface area contributed by atoms with Crippen LogP contribution in [0.5, 0.6) is 0 Å². The predicted molar refractivity (Wildman–Crippen MR) is 80.5 cm³/mol. The highest BCUT2D eigenvalue weighted by molar-refractivity contribution is 6.28. The number of fused-ring (bicyclic) bond motifs is 1. The number of nitrogens with one attached hydrogen (secondary N) is 1. The van der Waals surface area contributed by atoms with Gasteiger partial charge in [-0.05, 0) is 37.1 Å². The summed E-state index contributed by atoms with van der Waals surface area (Å²) in [7, 11) is 1.83. The van der Waals surface area contributed by atoms with E-state index in [-0.39, 0.29) is 5.28 Å². The third-order valence-corrected chi connectivity index (χ3v) is 3.37. The van der Waals surface area contributed by atoms with Crippen molar-refractivity contribution in [3.8, 4) is 0 Å². The van der Waals surface area contributed by atoms with Gasteiger partial charge in [-0.2, -0.15) is 15.1 Å². The molecule has 20 heavy (non-hydrogen) atoms. The number of hydrogen-bond donors (Lipinski definition) is 1. The molecule has 3 aromatic rings. The largest absolute Gasteiger partial charge is 0.339 e. The second kappa shape index (κ2) is 4.76. The van der Waals surface area contributed by atoms with Gasteiger partial charge in [-0.15, -0.1) is 0 Å². The lowest BCUT2D eigenvalue weighted by Crippen LogP contribution is -2.00. The summed E-state index contributed by atoms with van der Waals surface area (Å²) in [6.45, 7) is 4.12. The maximum absolute atomic E-state index is 5.98. The molecule has 6 heteroatoms. The molecule has 5 nitrogen and oxygen atoms in total. The molecule has 0 aliphatic carbocycles. The smallest absolute Gasteiger partial charge is 0.226 e. The Morgan fingerprint density at radius 1 is 1.20 bits per heavy atom. The number of hydrogen-bond acceptors (Lipinski definition) is 4. The molecule has 0 aliphatic rings. The number of halogens is 1. The van der Waals surface area contributed by atoms with Crippen LogP contribution in [0.1, 0.15) is 11.1 Å². The van der Waals surface area contributed by atoms with Gasteiger partial charge in [0.15, 0.2) is 5.65 Å². The van der Waals surface area contributed by atoms with Crippen molar-refractivity contribution in [3.05, 3.63) is 40.8 Å². The summed E-state index contributed by atoms with van der Waals surface area (Å²) < 4.78 is 1.68. The summed E-state index contributed by atoms with van der Waals surface area (Å²) in [5, 5.41) is 8.55. The van der Waals surface area contributed by atoms with Gasteiger partial charge in [0.25, 0.3) is 0 Å². The Balaban J connectivity index is 2.10. The molecule has 0 radical (unpaired) electrons. The second-order valence-electron chi connectivity index (χ2n) is 4.79. The van der Waals surface area contributed by atoms with Gasteiger partial charge >= 0.3 is 0 Å². The summed E-state index contributed by atoms with van der Waals surface area (Å²) in [5.74, 6) is 0.667. The Kier molecular flexibility index (Phi) is 3.06. The lowest BCUT2D eigenvalue weighted by Gasteiger charge is -2.10. The highest BCUT2D eigenvalue weighted by atomic mass is 35.5. The molecule has 0 spiro atoms. The fourth-order valence-electron chi connectivity index (χ4n) is 2.17. The number of aryl methyl sites for hydroxylation is 3. The zero-order chi connectivity index (χ0) is 14.3. The van der Waals surface area contributed by atoms with Crippen LogP contribution in [0.25, 0.3) is 11.0 Å². The molecule has 0 aliphatic heterocycles. The summed E-state index contributed by atoms with van der Waals surface area (Å²) in [5.41, 5.74) is 4.07. The standard InChI is InChI=1S/C14H14ClN5/c1-8-4-5-11(9(2)6-8)17-12-10-7-16-20(3)13(10)19-14(15)18-12/h4-7H,1-3H3,(H,17,18,19). The Hall–Kier alpha value is -2.14. The van der Waals surface area contributed by atoms with Crippen LogP contribution < -0.4 is 5.32 Å². The van der Waals surface area contributed by atoms with Crippen molar-refractivity contribution in [2.24, 2.45) is 7.05 Å². The molecule has 2 heterocycles. The summed E-state index contributed by atoms with van der Waals surface area (Å²) in [4.78, 5) is 8.45. The van der Waals surface area contributed by atoms with Gasteiger partial charge in [-0.3, -0.25) is 4.68 Å². The van der Waals surface area contributed by atoms with Gasteiger partial charge in [0, 0.05) is 12.7 Å². The first-order valence-electron chi connectivity index (χ1n) is 6.24. The number of aromatic nitrogens is 4. The van der Waals surface area contributed by atoms with E-state index in [1.54, 1.807) is 10.9 Å². The third-order valence-electron chi connectivity index (χ3n) is 3.20. The van der Waals surface area contributed by atoms with Crippen LogP contribution in [0.2, 0.25) is 5.28 Å². The van der Waals surface area contributed by atoms with Gasteiger partial charge in [0.1, 0.15) is 5.82 Å². The maximum atomic E-state index is 5.98. The first-order chi connectivity index (χ1) is 9.54. The fourth-order valence-corrected chi connectivity index (χ4v) is 2.34. The van der Waals surface area contributed by atoms with E-state index in [4.69, 9.17) is 11.6 Å². The molecule has 0 unspecified atom stereocenters. The average molecular weight is 288 g/mol. The zero-order valence-corrected chi connectivity index (χ0v) is 12.2. The van der Waals surface area contributed by atoms with Crippen molar-refractivity contribution < 1.29 is 0 Å². The molecule has 0 saturated carbocycles. The van der Waals surface area contributed by atoms with E-state index in [0.717, 1.165) is 16.6 Å². The SMILES string of the molecule is Cc1ccc(Nc2nc(Cl)nc3c2cnn3C)c(C)c1. The van der Waals surface area contributed by atoms with Crippen molar-refractivity contribution in [1.29, 1.82) is 0 Å². The van der Waals surface area contributed by atoms with Crippen LogP contribution in [0.15, 0.2) is 24.4 Å². The van der Waals surface area contributed by atoms with Crippen molar-refractivity contribution in [1.82, 2.24) is 19.7 Å². The van der Waals surface area contributed by atoms with Crippen LogP contribution in [0.3, 0.4) is 0 Å². The molecule has 3 rings (SSSR count). The topological polar surface area (TPSA) is 55.6 Å². The van der Waals surface area contributed by atoms with Crippen molar-refractivity contribution >= 4 is 34.1 Å². The minimum Gasteiger partial charge on any atom is -0.339 e. The predicted octanol–water partition coefficient (Wildman–Crippen LogP) is 3.38. The maximum Gasteiger partial charge on any atom is 0.226 e.